The van der Waals surface area contributed by atoms with Crippen molar-refractivity contribution < 1.29 is 28.6 Å². The SMILES string of the molecule is CCO[C@@H](CN1CCC(N2CCN(C3=C(C)C(=O)OC3)C2=O)CC1)c1ccc2c(c1C)CC(=O)O2. The Kier molecular flexibility index (Phi) is 6.55. The van der Waals surface area contributed by atoms with Crippen LogP contribution in [0.3, 0.4) is 0 Å². The van der Waals surface area contributed by atoms with E-state index in [-0.39, 0.29) is 36.7 Å². The van der Waals surface area contributed by atoms with Crippen molar-refractivity contribution in [2.24, 2.45) is 0 Å². The van der Waals surface area contributed by atoms with E-state index in [4.69, 9.17) is 14.2 Å². The van der Waals surface area contributed by atoms with E-state index in [2.05, 4.69) is 4.90 Å². The monoisotopic (exact) mass is 483 g/mol. The van der Waals surface area contributed by atoms with E-state index >= 15 is 0 Å². The molecule has 0 unspecified atom stereocenters. The van der Waals surface area contributed by atoms with Gasteiger partial charge < -0.3 is 24.0 Å². The number of rotatable bonds is 7. The van der Waals surface area contributed by atoms with Gasteiger partial charge in [0.15, 0.2) is 0 Å². The molecule has 188 valence electrons. The van der Waals surface area contributed by atoms with Gasteiger partial charge in [-0.3, -0.25) is 9.69 Å². The molecule has 0 saturated carbocycles. The number of benzene rings is 1. The quantitative estimate of drug-likeness (QED) is 0.435. The third-order valence-corrected chi connectivity index (χ3v) is 7.72. The van der Waals surface area contributed by atoms with Crippen LogP contribution in [0.15, 0.2) is 23.4 Å². The van der Waals surface area contributed by atoms with Crippen LogP contribution in [0.25, 0.3) is 0 Å². The summed E-state index contributed by atoms with van der Waals surface area (Å²) >= 11 is 0. The molecule has 0 aromatic heterocycles. The highest BCUT2D eigenvalue weighted by atomic mass is 16.5. The van der Waals surface area contributed by atoms with Crippen molar-refractivity contribution >= 4 is 18.0 Å². The minimum Gasteiger partial charge on any atom is -0.456 e. The highest BCUT2D eigenvalue weighted by molar-refractivity contribution is 5.92. The second-order valence-corrected chi connectivity index (χ2v) is 9.66. The summed E-state index contributed by atoms with van der Waals surface area (Å²) in [5, 5.41) is 0. The van der Waals surface area contributed by atoms with E-state index in [9.17, 15) is 14.4 Å². The molecule has 9 nitrogen and oxygen atoms in total. The van der Waals surface area contributed by atoms with E-state index in [1.807, 2.05) is 30.9 Å². The molecule has 4 heterocycles. The minimum absolute atomic E-state index is 0.0196. The summed E-state index contributed by atoms with van der Waals surface area (Å²) in [4.78, 5) is 42.7. The fraction of sp³-hybridized carbons (Fsp3) is 0.577. The lowest BCUT2D eigenvalue weighted by molar-refractivity contribution is -0.136. The first kappa shape index (κ1) is 23.8. The van der Waals surface area contributed by atoms with Gasteiger partial charge in [0.05, 0.1) is 23.8 Å². The van der Waals surface area contributed by atoms with Crippen molar-refractivity contribution in [2.45, 2.75) is 52.2 Å². The second kappa shape index (κ2) is 9.62. The summed E-state index contributed by atoms with van der Waals surface area (Å²) < 4.78 is 16.5. The van der Waals surface area contributed by atoms with Gasteiger partial charge in [-0.1, -0.05) is 6.07 Å². The molecule has 1 aromatic carbocycles. The van der Waals surface area contributed by atoms with Crippen LogP contribution in [0.2, 0.25) is 0 Å². The largest absolute Gasteiger partial charge is 0.456 e. The predicted octanol–water partition coefficient (Wildman–Crippen LogP) is 2.57. The number of nitrogens with zero attached hydrogens (tertiary/aromatic N) is 3. The minimum atomic E-state index is -0.332. The fourth-order valence-corrected chi connectivity index (χ4v) is 5.70. The summed E-state index contributed by atoms with van der Waals surface area (Å²) in [6.07, 6.45) is 2.03. The molecule has 5 rings (SSSR count). The molecule has 1 atom stereocenters. The Morgan fingerprint density at radius 2 is 1.86 bits per heavy atom. The number of carbonyl (C=O) groups is 3. The summed E-state index contributed by atoms with van der Waals surface area (Å²) in [6, 6.07) is 4.07. The molecule has 0 radical (unpaired) electrons. The summed E-state index contributed by atoms with van der Waals surface area (Å²) in [7, 11) is 0. The van der Waals surface area contributed by atoms with Crippen LogP contribution >= 0.6 is 0 Å². The Bertz CT molecular complexity index is 1080. The maximum absolute atomic E-state index is 13.1. The average Bonchev–Trinajstić information content (AvgIpc) is 3.51. The number of carbonyl (C=O) groups excluding carboxylic acids is 3. The first-order chi connectivity index (χ1) is 16.9. The number of ether oxygens (including phenoxy) is 3. The number of amides is 2. The number of hydrogen-bond acceptors (Lipinski definition) is 7. The molecule has 0 spiro atoms. The van der Waals surface area contributed by atoms with Crippen LogP contribution in [0.4, 0.5) is 4.79 Å². The zero-order valence-electron chi connectivity index (χ0n) is 20.7. The van der Waals surface area contributed by atoms with Crippen LogP contribution in [-0.2, 0) is 25.5 Å². The number of fused-ring (bicyclic) bond motifs is 1. The standard InChI is InChI=1S/C26H33N3O6/c1-4-33-23(19-5-6-22-20(16(19)2)13-24(30)35-22)14-27-9-7-18(8-10-27)28-11-12-29(26(28)32)21-15-34-25(31)17(21)3/h5-6,18,23H,4,7-15H2,1-3H3/t23-/m0/s1. The first-order valence-electron chi connectivity index (χ1n) is 12.5. The normalized spacial score (nSPS) is 22.2. The van der Waals surface area contributed by atoms with Gasteiger partial charge in [0.2, 0.25) is 0 Å². The van der Waals surface area contributed by atoms with Gasteiger partial charge in [-0.25, -0.2) is 9.59 Å². The van der Waals surface area contributed by atoms with Gasteiger partial charge in [-0.15, -0.1) is 0 Å². The number of cyclic esters (lactones) is 1. The zero-order valence-corrected chi connectivity index (χ0v) is 20.7. The number of urea groups is 1. The van der Waals surface area contributed by atoms with Crippen molar-refractivity contribution in [3.05, 3.63) is 40.1 Å². The molecule has 0 bridgehead atoms. The average molecular weight is 484 g/mol. The molecule has 0 aliphatic carbocycles. The van der Waals surface area contributed by atoms with Crippen molar-refractivity contribution in [1.82, 2.24) is 14.7 Å². The molecule has 35 heavy (non-hydrogen) atoms. The smallest absolute Gasteiger partial charge is 0.336 e. The van der Waals surface area contributed by atoms with Gasteiger partial charge in [0.25, 0.3) is 0 Å². The van der Waals surface area contributed by atoms with Gasteiger partial charge in [-0.05, 0) is 50.8 Å². The maximum Gasteiger partial charge on any atom is 0.336 e. The number of esters is 2. The van der Waals surface area contributed by atoms with Crippen molar-refractivity contribution in [3.63, 3.8) is 0 Å². The highest BCUT2D eigenvalue weighted by Gasteiger charge is 2.39. The topological polar surface area (TPSA) is 88.6 Å². The van der Waals surface area contributed by atoms with E-state index < -0.39 is 0 Å². The molecule has 4 aliphatic rings. The lowest BCUT2D eigenvalue weighted by Gasteiger charge is -2.38. The van der Waals surface area contributed by atoms with E-state index in [1.54, 1.807) is 11.8 Å². The van der Waals surface area contributed by atoms with Crippen LogP contribution in [0.5, 0.6) is 5.75 Å². The lowest BCUT2D eigenvalue weighted by Crippen LogP contribution is -2.47. The van der Waals surface area contributed by atoms with Crippen LogP contribution in [0, 0.1) is 6.92 Å². The second-order valence-electron chi connectivity index (χ2n) is 9.66. The Morgan fingerprint density at radius 1 is 1.09 bits per heavy atom. The van der Waals surface area contributed by atoms with E-state index in [1.165, 1.54) is 0 Å². The Hall–Kier alpha value is -2.91. The number of hydrogen-bond donors (Lipinski definition) is 0. The predicted molar refractivity (Wildman–Crippen MR) is 127 cm³/mol. The molecule has 0 N–H and O–H groups in total. The zero-order chi connectivity index (χ0) is 24.7. The van der Waals surface area contributed by atoms with Crippen LogP contribution < -0.4 is 4.74 Å². The van der Waals surface area contributed by atoms with Crippen molar-refractivity contribution in [1.29, 1.82) is 0 Å². The summed E-state index contributed by atoms with van der Waals surface area (Å²) in [5.74, 6) is 0.126. The third kappa shape index (κ3) is 4.43. The summed E-state index contributed by atoms with van der Waals surface area (Å²) in [6.45, 7) is 10.3. The van der Waals surface area contributed by atoms with Gasteiger partial charge in [0, 0.05) is 50.9 Å². The maximum atomic E-state index is 13.1. The molecule has 2 fully saturated rings. The van der Waals surface area contributed by atoms with Crippen molar-refractivity contribution in [2.75, 3.05) is 45.9 Å². The molecule has 2 saturated heterocycles. The Morgan fingerprint density at radius 3 is 2.54 bits per heavy atom. The van der Waals surface area contributed by atoms with Crippen molar-refractivity contribution in [3.8, 4) is 5.75 Å². The molecular formula is C26H33N3O6. The summed E-state index contributed by atoms with van der Waals surface area (Å²) in [5.41, 5.74) is 4.38. The third-order valence-electron chi connectivity index (χ3n) is 7.72. The molecule has 2 amide bonds. The molecular weight excluding hydrogens is 450 g/mol. The Balaban J connectivity index is 1.20. The van der Waals surface area contributed by atoms with Crippen LogP contribution in [0.1, 0.15) is 49.5 Å². The van der Waals surface area contributed by atoms with Gasteiger partial charge >= 0.3 is 18.0 Å². The lowest BCUT2D eigenvalue weighted by atomic mass is 9.95. The Labute approximate surface area is 205 Å². The first-order valence-corrected chi connectivity index (χ1v) is 12.5. The highest BCUT2D eigenvalue weighted by Crippen LogP contribution is 2.35. The van der Waals surface area contributed by atoms with Gasteiger partial charge in [0.1, 0.15) is 12.4 Å². The fourth-order valence-electron chi connectivity index (χ4n) is 5.70. The molecule has 4 aliphatic heterocycles. The van der Waals surface area contributed by atoms with E-state index in [0.717, 1.165) is 49.2 Å². The number of likely N-dealkylation sites (tertiary alicyclic amines) is 1. The van der Waals surface area contributed by atoms with E-state index in [0.29, 0.717) is 43.1 Å². The number of piperidine rings is 1. The molecule has 9 heteroatoms. The molecule has 1 aromatic rings. The van der Waals surface area contributed by atoms with Crippen LogP contribution in [-0.4, -0.2) is 84.6 Å². The van der Waals surface area contributed by atoms with Gasteiger partial charge in [-0.2, -0.15) is 0 Å².